The van der Waals surface area contributed by atoms with Crippen LogP contribution in [-0.4, -0.2) is 29.0 Å². The highest BCUT2D eigenvalue weighted by Crippen LogP contribution is 2.11. The molecule has 1 N–H and O–H groups in total. The van der Waals surface area contributed by atoms with Gasteiger partial charge < -0.3 is 9.87 Å². The molecule has 0 radical (unpaired) electrons. The molecule has 0 fully saturated rings. The van der Waals surface area contributed by atoms with E-state index in [2.05, 4.69) is 5.32 Å². The second-order valence-electron chi connectivity index (χ2n) is 3.78. The molecule has 72 valence electrons. The SMILES string of the molecule is C[S+]([O-])CCNC(=O)C(C)(C)C. The highest BCUT2D eigenvalue weighted by Gasteiger charge is 2.20. The van der Waals surface area contributed by atoms with Crippen LogP contribution < -0.4 is 5.32 Å². The topological polar surface area (TPSA) is 52.2 Å². The van der Waals surface area contributed by atoms with E-state index >= 15 is 0 Å². The molecule has 0 aliphatic rings. The van der Waals surface area contributed by atoms with Gasteiger partial charge in [-0.2, -0.15) is 0 Å². The first-order valence-electron chi connectivity index (χ1n) is 3.92. The maximum atomic E-state index is 11.2. The van der Waals surface area contributed by atoms with Gasteiger partial charge >= 0.3 is 0 Å². The van der Waals surface area contributed by atoms with Crippen molar-refractivity contribution in [2.45, 2.75) is 20.8 Å². The number of amides is 1. The predicted molar refractivity (Wildman–Crippen MR) is 51.4 cm³/mol. The standard InChI is InChI=1S/C8H17NO2S/c1-8(2,3)7(10)9-5-6-12(4)11/h5-6H2,1-4H3,(H,9,10). The smallest absolute Gasteiger partial charge is 0.225 e. The summed E-state index contributed by atoms with van der Waals surface area (Å²) in [7, 11) is 0. The zero-order valence-electron chi connectivity index (χ0n) is 8.14. The molecular formula is C8H17NO2S. The lowest BCUT2D eigenvalue weighted by Gasteiger charge is -2.17. The number of hydrogen-bond acceptors (Lipinski definition) is 2. The molecule has 1 atom stereocenters. The van der Waals surface area contributed by atoms with E-state index in [4.69, 9.17) is 0 Å². The van der Waals surface area contributed by atoms with Gasteiger partial charge in [0.1, 0.15) is 5.75 Å². The van der Waals surface area contributed by atoms with E-state index in [1.165, 1.54) is 0 Å². The largest absolute Gasteiger partial charge is 0.617 e. The van der Waals surface area contributed by atoms with Crippen molar-refractivity contribution in [2.75, 3.05) is 18.6 Å². The van der Waals surface area contributed by atoms with Crippen molar-refractivity contribution in [3.05, 3.63) is 0 Å². The lowest BCUT2D eigenvalue weighted by molar-refractivity contribution is -0.128. The van der Waals surface area contributed by atoms with Gasteiger partial charge in [-0.25, -0.2) is 0 Å². The molecule has 0 bridgehead atoms. The van der Waals surface area contributed by atoms with Crippen LogP contribution in [0.1, 0.15) is 20.8 Å². The normalized spacial score (nSPS) is 14.1. The first kappa shape index (κ1) is 11.8. The Hall–Kier alpha value is -0.220. The van der Waals surface area contributed by atoms with Gasteiger partial charge in [0.25, 0.3) is 0 Å². The molecule has 0 aliphatic heterocycles. The minimum Gasteiger partial charge on any atom is -0.617 e. The predicted octanol–water partition coefficient (Wildman–Crippen LogP) is 0.527. The average molecular weight is 191 g/mol. The van der Waals surface area contributed by atoms with Gasteiger partial charge in [-0.3, -0.25) is 4.79 Å². The first-order chi connectivity index (χ1) is 5.34. The summed E-state index contributed by atoms with van der Waals surface area (Å²) in [5, 5.41) is 2.72. The fraction of sp³-hybridized carbons (Fsp3) is 0.875. The summed E-state index contributed by atoms with van der Waals surface area (Å²) < 4.78 is 10.6. The van der Waals surface area contributed by atoms with Crippen LogP contribution >= 0.6 is 0 Å². The molecule has 0 heterocycles. The number of hydrogen-bond donors (Lipinski definition) is 1. The zero-order chi connectivity index (χ0) is 9.78. The molecule has 0 aromatic rings. The van der Waals surface area contributed by atoms with Gasteiger partial charge in [-0.05, 0) is 0 Å². The molecular weight excluding hydrogens is 174 g/mol. The number of rotatable bonds is 3. The summed E-state index contributed by atoms with van der Waals surface area (Å²) >= 11 is -0.823. The highest BCUT2D eigenvalue weighted by atomic mass is 32.2. The van der Waals surface area contributed by atoms with Gasteiger partial charge in [0, 0.05) is 5.41 Å². The quantitative estimate of drug-likeness (QED) is 0.661. The Morgan fingerprint density at radius 3 is 2.33 bits per heavy atom. The van der Waals surface area contributed by atoms with Crippen molar-refractivity contribution in [1.82, 2.24) is 5.32 Å². The summed E-state index contributed by atoms with van der Waals surface area (Å²) in [5.41, 5.74) is -0.352. The van der Waals surface area contributed by atoms with E-state index in [1.54, 1.807) is 6.26 Å². The van der Waals surface area contributed by atoms with Crippen LogP contribution in [0.2, 0.25) is 0 Å². The lowest BCUT2D eigenvalue weighted by atomic mass is 9.96. The Kier molecular flexibility index (Phi) is 4.63. The minimum absolute atomic E-state index is 0.00736. The van der Waals surface area contributed by atoms with E-state index in [-0.39, 0.29) is 11.3 Å². The second kappa shape index (κ2) is 4.72. The molecule has 0 saturated carbocycles. The summed E-state index contributed by atoms with van der Waals surface area (Å²) in [6, 6.07) is 0. The Bertz CT molecular complexity index is 152. The number of nitrogens with one attached hydrogen (secondary N) is 1. The summed E-state index contributed by atoms with van der Waals surface area (Å²) in [5.74, 6) is 0.537. The Labute approximate surface area is 77.1 Å². The number of carbonyl (C=O) groups excluding carboxylic acids is 1. The molecule has 4 heteroatoms. The lowest BCUT2D eigenvalue weighted by Crippen LogP contribution is -2.37. The van der Waals surface area contributed by atoms with E-state index < -0.39 is 11.2 Å². The summed E-state index contributed by atoms with van der Waals surface area (Å²) in [6.45, 7) is 6.06. The molecule has 1 unspecified atom stereocenters. The fourth-order valence-electron chi connectivity index (χ4n) is 0.573. The van der Waals surface area contributed by atoms with Crippen LogP contribution in [0.15, 0.2) is 0 Å². The summed E-state index contributed by atoms with van der Waals surface area (Å²) in [6.07, 6.45) is 1.63. The fourth-order valence-corrected chi connectivity index (χ4v) is 0.963. The van der Waals surface area contributed by atoms with Crippen LogP contribution in [0.4, 0.5) is 0 Å². The third-order valence-corrected chi connectivity index (χ3v) is 2.14. The molecule has 0 aliphatic carbocycles. The summed E-state index contributed by atoms with van der Waals surface area (Å²) in [4.78, 5) is 11.2. The third kappa shape index (κ3) is 5.43. The van der Waals surface area contributed by atoms with Crippen LogP contribution in [0.5, 0.6) is 0 Å². The molecule has 0 aromatic carbocycles. The van der Waals surface area contributed by atoms with E-state index in [9.17, 15) is 9.35 Å². The molecule has 0 aromatic heterocycles. The highest BCUT2D eigenvalue weighted by molar-refractivity contribution is 7.90. The molecule has 1 amide bonds. The van der Waals surface area contributed by atoms with Gasteiger partial charge in [0.15, 0.2) is 0 Å². The van der Waals surface area contributed by atoms with Crippen molar-refractivity contribution < 1.29 is 9.35 Å². The van der Waals surface area contributed by atoms with Crippen molar-refractivity contribution in [2.24, 2.45) is 5.41 Å². The van der Waals surface area contributed by atoms with E-state index in [1.807, 2.05) is 20.8 Å². The Balaban J connectivity index is 3.59. The minimum atomic E-state index is -0.823. The van der Waals surface area contributed by atoms with Crippen molar-refractivity contribution in [1.29, 1.82) is 0 Å². The van der Waals surface area contributed by atoms with Gasteiger partial charge in [-0.1, -0.05) is 31.9 Å². The molecule has 12 heavy (non-hydrogen) atoms. The maximum absolute atomic E-state index is 11.2. The monoisotopic (exact) mass is 191 g/mol. The maximum Gasteiger partial charge on any atom is 0.225 e. The van der Waals surface area contributed by atoms with Gasteiger partial charge in [0.05, 0.1) is 12.8 Å². The molecule has 0 rings (SSSR count). The molecule has 0 spiro atoms. The van der Waals surface area contributed by atoms with Crippen LogP contribution in [0.3, 0.4) is 0 Å². The third-order valence-electron chi connectivity index (χ3n) is 1.36. The molecule has 0 saturated heterocycles. The zero-order valence-corrected chi connectivity index (χ0v) is 8.96. The van der Waals surface area contributed by atoms with Crippen LogP contribution in [0, 0.1) is 5.41 Å². The Morgan fingerprint density at radius 2 is 2.00 bits per heavy atom. The van der Waals surface area contributed by atoms with Crippen molar-refractivity contribution in [3.63, 3.8) is 0 Å². The number of carbonyl (C=O) groups is 1. The second-order valence-corrected chi connectivity index (χ2v) is 5.34. The van der Waals surface area contributed by atoms with Crippen LogP contribution in [-0.2, 0) is 16.0 Å². The van der Waals surface area contributed by atoms with Gasteiger partial charge in [-0.15, -0.1) is 0 Å². The van der Waals surface area contributed by atoms with Crippen molar-refractivity contribution in [3.8, 4) is 0 Å². The molecule has 3 nitrogen and oxygen atoms in total. The Morgan fingerprint density at radius 1 is 1.50 bits per heavy atom. The van der Waals surface area contributed by atoms with Crippen LogP contribution in [0.25, 0.3) is 0 Å². The van der Waals surface area contributed by atoms with Gasteiger partial charge in [0.2, 0.25) is 5.91 Å². The van der Waals surface area contributed by atoms with Crippen molar-refractivity contribution >= 4 is 17.1 Å². The first-order valence-corrected chi connectivity index (χ1v) is 5.65. The van der Waals surface area contributed by atoms with E-state index in [0.29, 0.717) is 12.3 Å². The van der Waals surface area contributed by atoms with E-state index in [0.717, 1.165) is 0 Å². The average Bonchev–Trinajstić information content (AvgIpc) is 1.84.